The predicted octanol–water partition coefficient (Wildman–Crippen LogP) is -0.287. The normalized spacial score (nSPS) is 14.1. The molecule has 2 aromatic rings. The molecule has 0 amide bonds. The van der Waals surface area contributed by atoms with Gasteiger partial charge in [0, 0.05) is 0 Å². The van der Waals surface area contributed by atoms with Gasteiger partial charge in [0.1, 0.15) is 17.8 Å². The largest absolute Gasteiger partial charge is 0.480 e. The number of hydrogen-bond donors (Lipinski definition) is 3. The molecule has 1 aromatic heterocycles. The molecule has 2 rings (SSSR count). The molecule has 2 atom stereocenters. The summed E-state index contributed by atoms with van der Waals surface area (Å²) in [6.45, 7) is 0. The van der Waals surface area contributed by atoms with Crippen molar-refractivity contribution in [2.45, 2.75) is 12.1 Å². The number of aliphatic carboxylic acids is 1. The average Bonchev–Trinajstić information content (AvgIpc) is 2.87. The number of carboxylic acid groups (broad SMARTS) is 1. The molecule has 0 aliphatic carbocycles. The fourth-order valence-electron chi connectivity index (χ4n) is 1.44. The van der Waals surface area contributed by atoms with E-state index in [0.717, 1.165) is 5.69 Å². The molecule has 7 nitrogen and oxygen atoms in total. The number of rotatable bonds is 4. The van der Waals surface area contributed by atoms with E-state index in [1.807, 2.05) is 30.3 Å². The van der Waals surface area contributed by atoms with Gasteiger partial charge < -0.3 is 15.9 Å². The van der Waals surface area contributed by atoms with E-state index in [2.05, 4.69) is 10.3 Å². The van der Waals surface area contributed by atoms with Gasteiger partial charge >= 0.3 is 5.97 Å². The summed E-state index contributed by atoms with van der Waals surface area (Å²) in [5.41, 5.74) is 6.19. The van der Waals surface area contributed by atoms with Crippen molar-refractivity contribution in [2.75, 3.05) is 0 Å². The Morgan fingerprint density at radius 2 is 2.00 bits per heavy atom. The third-order valence-corrected chi connectivity index (χ3v) is 2.46. The molecule has 0 aliphatic rings. The SMILES string of the molecule is NC(C(=O)O)C(O)c1cn(-c2ccccc2)nn1. The van der Waals surface area contributed by atoms with Crippen LogP contribution in [0.5, 0.6) is 0 Å². The smallest absolute Gasteiger partial charge is 0.323 e. The Morgan fingerprint density at radius 1 is 1.33 bits per heavy atom. The van der Waals surface area contributed by atoms with Gasteiger partial charge in [-0.1, -0.05) is 23.4 Å². The van der Waals surface area contributed by atoms with Gasteiger partial charge in [-0.3, -0.25) is 4.79 Å². The second-order valence-corrected chi connectivity index (χ2v) is 3.73. The van der Waals surface area contributed by atoms with Crippen LogP contribution in [-0.4, -0.2) is 37.2 Å². The second kappa shape index (κ2) is 4.94. The third-order valence-electron chi connectivity index (χ3n) is 2.46. The lowest BCUT2D eigenvalue weighted by atomic mass is 10.1. The monoisotopic (exact) mass is 248 g/mol. The first kappa shape index (κ1) is 12.2. The summed E-state index contributed by atoms with van der Waals surface area (Å²) in [6.07, 6.45) is 0.0583. The van der Waals surface area contributed by atoms with Crippen molar-refractivity contribution < 1.29 is 15.0 Å². The lowest BCUT2D eigenvalue weighted by molar-refractivity contribution is -0.141. The van der Waals surface area contributed by atoms with Crippen LogP contribution in [0, 0.1) is 0 Å². The molecular weight excluding hydrogens is 236 g/mol. The number of hydrogen-bond acceptors (Lipinski definition) is 5. The number of carboxylic acids is 1. The Morgan fingerprint density at radius 3 is 2.61 bits per heavy atom. The van der Waals surface area contributed by atoms with E-state index in [1.54, 1.807) is 0 Å². The van der Waals surface area contributed by atoms with Crippen molar-refractivity contribution in [3.8, 4) is 5.69 Å². The summed E-state index contributed by atoms with van der Waals surface area (Å²) in [7, 11) is 0. The summed E-state index contributed by atoms with van der Waals surface area (Å²) in [6, 6.07) is 7.71. The highest BCUT2D eigenvalue weighted by Gasteiger charge is 2.26. The molecule has 0 saturated carbocycles. The molecule has 1 aromatic carbocycles. The Bertz CT molecular complexity index is 540. The zero-order chi connectivity index (χ0) is 13.1. The maximum Gasteiger partial charge on any atom is 0.323 e. The molecule has 0 aliphatic heterocycles. The van der Waals surface area contributed by atoms with Gasteiger partial charge in [0.15, 0.2) is 0 Å². The molecule has 0 saturated heterocycles. The number of nitrogens with zero attached hydrogens (tertiary/aromatic N) is 3. The van der Waals surface area contributed by atoms with E-state index in [0.29, 0.717) is 0 Å². The number of para-hydroxylation sites is 1. The van der Waals surface area contributed by atoms with Crippen LogP contribution in [0.15, 0.2) is 36.5 Å². The van der Waals surface area contributed by atoms with Crippen molar-refractivity contribution in [1.29, 1.82) is 0 Å². The van der Waals surface area contributed by atoms with Crippen LogP contribution in [0.2, 0.25) is 0 Å². The summed E-state index contributed by atoms with van der Waals surface area (Å²) >= 11 is 0. The zero-order valence-electron chi connectivity index (χ0n) is 9.34. The molecule has 7 heteroatoms. The van der Waals surface area contributed by atoms with Crippen molar-refractivity contribution >= 4 is 5.97 Å². The highest BCUT2D eigenvalue weighted by atomic mass is 16.4. The molecule has 0 fully saturated rings. The van der Waals surface area contributed by atoms with E-state index < -0.39 is 18.1 Å². The fraction of sp³-hybridized carbons (Fsp3) is 0.182. The number of aliphatic hydroxyl groups excluding tert-OH is 1. The highest BCUT2D eigenvalue weighted by molar-refractivity contribution is 5.74. The van der Waals surface area contributed by atoms with E-state index in [1.165, 1.54) is 10.9 Å². The van der Waals surface area contributed by atoms with E-state index in [4.69, 9.17) is 10.8 Å². The summed E-state index contributed by atoms with van der Waals surface area (Å²) < 4.78 is 1.44. The Labute approximate surface area is 102 Å². The van der Waals surface area contributed by atoms with Gasteiger partial charge in [-0.2, -0.15) is 0 Å². The lowest BCUT2D eigenvalue weighted by Gasteiger charge is -2.11. The zero-order valence-corrected chi connectivity index (χ0v) is 9.34. The van der Waals surface area contributed by atoms with Gasteiger partial charge in [-0.15, -0.1) is 5.10 Å². The van der Waals surface area contributed by atoms with Gasteiger partial charge in [-0.25, -0.2) is 4.68 Å². The van der Waals surface area contributed by atoms with Crippen LogP contribution in [-0.2, 0) is 4.79 Å². The van der Waals surface area contributed by atoms with Crippen LogP contribution in [0.3, 0.4) is 0 Å². The molecule has 0 spiro atoms. The molecular formula is C11H12N4O3. The van der Waals surface area contributed by atoms with E-state index in [9.17, 15) is 9.90 Å². The number of nitrogens with two attached hydrogens (primary N) is 1. The summed E-state index contributed by atoms with van der Waals surface area (Å²) in [5.74, 6) is -1.29. The first-order valence-electron chi connectivity index (χ1n) is 5.23. The van der Waals surface area contributed by atoms with Crippen LogP contribution >= 0.6 is 0 Å². The molecule has 0 bridgehead atoms. The quantitative estimate of drug-likeness (QED) is 0.685. The van der Waals surface area contributed by atoms with Crippen molar-refractivity contribution in [2.24, 2.45) is 5.73 Å². The minimum atomic E-state index is -1.43. The fourth-order valence-corrected chi connectivity index (χ4v) is 1.44. The summed E-state index contributed by atoms with van der Waals surface area (Å²) in [4.78, 5) is 10.7. The average molecular weight is 248 g/mol. The molecule has 4 N–H and O–H groups in total. The maximum atomic E-state index is 10.7. The number of aromatic nitrogens is 3. The number of carbonyl (C=O) groups is 1. The van der Waals surface area contributed by atoms with Gasteiger partial charge in [-0.05, 0) is 12.1 Å². The number of aliphatic hydroxyl groups is 1. The predicted molar refractivity (Wildman–Crippen MR) is 61.9 cm³/mol. The Hall–Kier alpha value is -2.25. The topological polar surface area (TPSA) is 114 Å². The molecule has 2 unspecified atom stereocenters. The van der Waals surface area contributed by atoms with Crippen LogP contribution in [0.25, 0.3) is 5.69 Å². The van der Waals surface area contributed by atoms with Crippen LogP contribution in [0.1, 0.15) is 11.8 Å². The van der Waals surface area contributed by atoms with E-state index >= 15 is 0 Å². The standard InChI is InChI=1S/C11H12N4O3/c12-9(11(17)18)10(16)8-6-15(14-13-8)7-4-2-1-3-5-7/h1-6,9-10,16H,12H2,(H,17,18). The van der Waals surface area contributed by atoms with Gasteiger partial charge in [0.05, 0.1) is 11.9 Å². The molecule has 0 radical (unpaired) electrons. The number of benzene rings is 1. The second-order valence-electron chi connectivity index (χ2n) is 3.73. The van der Waals surface area contributed by atoms with E-state index in [-0.39, 0.29) is 5.69 Å². The first-order valence-corrected chi connectivity index (χ1v) is 5.23. The van der Waals surface area contributed by atoms with Gasteiger partial charge in [0.25, 0.3) is 0 Å². The minimum Gasteiger partial charge on any atom is -0.480 e. The van der Waals surface area contributed by atoms with Crippen molar-refractivity contribution in [1.82, 2.24) is 15.0 Å². The van der Waals surface area contributed by atoms with Crippen LogP contribution < -0.4 is 5.73 Å². The Balaban J connectivity index is 2.23. The third kappa shape index (κ3) is 2.36. The lowest BCUT2D eigenvalue weighted by Crippen LogP contribution is -2.36. The van der Waals surface area contributed by atoms with Crippen molar-refractivity contribution in [3.63, 3.8) is 0 Å². The highest BCUT2D eigenvalue weighted by Crippen LogP contribution is 2.14. The Kier molecular flexibility index (Phi) is 3.35. The van der Waals surface area contributed by atoms with Gasteiger partial charge in [0.2, 0.25) is 0 Å². The van der Waals surface area contributed by atoms with Crippen LogP contribution in [0.4, 0.5) is 0 Å². The first-order chi connectivity index (χ1) is 8.59. The molecule has 94 valence electrons. The molecule has 18 heavy (non-hydrogen) atoms. The minimum absolute atomic E-state index is 0.119. The molecule has 1 heterocycles. The maximum absolute atomic E-state index is 10.7. The summed E-state index contributed by atoms with van der Waals surface area (Å²) in [5, 5.41) is 25.9. The van der Waals surface area contributed by atoms with Crippen molar-refractivity contribution in [3.05, 3.63) is 42.2 Å².